The van der Waals surface area contributed by atoms with E-state index in [0.717, 1.165) is 0 Å². The molecule has 0 saturated heterocycles. The number of fused-ring (bicyclic) bond motifs is 1. The fourth-order valence-electron chi connectivity index (χ4n) is 1.46. The van der Waals surface area contributed by atoms with E-state index in [1.807, 2.05) is 6.92 Å². The van der Waals surface area contributed by atoms with E-state index in [-0.39, 0.29) is 5.56 Å². The first-order chi connectivity index (χ1) is 7.13. The second-order valence-electron chi connectivity index (χ2n) is 3.14. The third-order valence-corrected chi connectivity index (χ3v) is 2.11. The highest BCUT2D eigenvalue weighted by molar-refractivity contribution is 5.95. The summed E-state index contributed by atoms with van der Waals surface area (Å²) >= 11 is 0. The molecule has 0 amide bonds. The van der Waals surface area contributed by atoms with Gasteiger partial charge in [-0.1, -0.05) is 6.92 Å². The van der Waals surface area contributed by atoms with Crippen LogP contribution in [0.1, 0.15) is 23.0 Å². The second-order valence-corrected chi connectivity index (χ2v) is 3.14. The lowest BCUT2D eigenvalue weighted by Gasteiger charge is -1.94. The molecule has 2 heterocycles. The lowest BCUT2D eigenvalue weighted by atomic mass is 10.2. The van der Waals surface area contributed by atoms with Gasteiger partial charge >= 0.3 is 5.97 Å². The Balaban J connectivity index is 2.80. The third-order valence-electron chi connectivity index (χ3n) is 2.11. The largest absolute Gasteiger partial charge is 0.477 e. The van der Waals surface area contributed by atoms with E-state index in [1.54, 1.807) is 6.20 Å². The molecule has 78 valence electrons. The molecular weight excluding hydrogens is 196 g/mol. The summed E-state index contributed by atoms with van der Waals surface area (Å²) in [5, 5.41) is 13.1. The summed E-state index contributed by atoms with van der Waals surface area (Å²) in [4.78, 5) is 15.0. The number of aromatic nitrogens is 3. The number of aromatic carboxylic acids is 1. The zero-order valence-corrected chi connectivity index (χ0v) is 8.14. The van der Waals surface area contributed by atoms with Gasteiger partial charge in [-0.3, -0.25) is 0 Å². The Morgan fingerprint density at radius 1 is 1.67 bits per heavy atom. The van der Waals surface area contributed by atoms with Gasteiger partial charge in [-0.2, -0.15) is 5.10 Å². The monoisotopic (exact) mass is 206 g/mol. The van der Waals surface area contributed by atoms with Crippen LogP contribution in [0, 0.1) is 0 Å². The van der Waals surface area contributed by atoms with Gasteiger partial charge in [0.05, 0.1) is 23.8 Å². The van der Waals surface area contributed by atoms with Crippen LogP contribution in [0.3, 0.4) is 0 Å². The molecular formula is C9H10N4O2. The summed E-state index contributed by atoms with van der Waals surface area (Å²) in [6.07, 6.45) is 3.52. The van der Waals surface area contributed by atoms with Gasteiger partial charge < -0.3 is 10.8 Å². The number of nitrogens with zero attached hydrogens (tertiary/aromatic N) is 3. The number of anilines is 1. The van der Waals surface area contributed by atoms with Crippen LogP contribution in [0.25, 0.3) is 5.65 Å². The lowest BCUT2D eigenvalue weighted by molar-refractivity contribution is 0.0697. The van der Waals surface area contributed by atoms with Crippen LogP contribution in [0.5, 0.6) is 0 Å². The van der Waals surface area contributed by atoms with Crippen molar-refractivity contribution in [2.24, 2.45) is 0 Å². The molecule has 0 fully saturated rings. The molecule has 6 heteroatoms. The Morgan fingerprint density at radius 3 is 3.00 bits per heavy atom. The summed E-state index contributed by atoms with van der Waals surface area (Å²) in [7, 11) is 0. The van der Waals surface area contributed by atoms with Gasteiger partial charge in [-0.15, -0.1) is 0 Å². The molecule has 2 rings (SSSR count). The topological polar surface area (TPSA) is 93.5 Å². The van der Waals surface area contributed by atoms with Crippen molar-refractivity contribution in [2.75, 3.05) is 5.73 Å². The molecule has 0 aromatic carbocycles. The first-order valence-corrected chi connectivity index (χ1v) is 4.49. The van der Waals surface area contributed by atoms with Crippen LogP contribution in [0.15, 0.2) is 12.4 Å². The van der Waals surface area contributed by atoms with Crippen LogP contribution in [0.4, 0.5) is 5.69 Å². The van der Waals surface area contributed by atoms with Gasteiger partial charge in [0.1, 0.15) is 5.56 Å². The Kier molecular flexibility index (Phi) is 2.03. The Hall–Kier alpha value is -2.11. The van der Waals surface area contributed by atoms with Crippen molar-refractivity contribution >= 4 is 17.3 Å². The standard InChI is InChI=1S/C9H10N4O2/c1-2-6-7(9(14)15)8-11-3-5(10)4-13(8)12-6/h3-4H,2,10H2,1H3,(H,14,15). The maximum Gasteiger partial charge on any atom is 0.341 e. The number of hydrogen-bond donors (Lipinski definition) is 2. The maximum atomic E-state index is 11.0. The summed E-state index contributed by atoms with van der Waals surface area (Å²) in [6, 6.07) is 0. The number of rotatable bonds is 2. The minimum Gasteiger partial charge on any atom is -0.477 e. The average Bonchev–Trinajstić information content (AvgIpc) is 2.54. The molecule has 2 aromatic heterocycles. The number of nitrogens with two attached hydrogens (primary N) is 1. The van der Waals surface area contributed by atoms with Crippen molar-refractivity contribution in [3.05, 3.63) is 23.7 Å². The first kappa shape index (κ1) is 9.45. The number of carboxylic acid groups (broad SMARTS) is 1. The first-order valence-electron chi connectivity index (χ1n) is 4.49. The molecule has 0 aliphatic rings. The fourth-order valence-corrected chi connectivity index (χ4v) is 1.46. The van der Waals surface area contributed by atoms with Gasteiger partial charge in [-0.05, 0) is 6.42 Å². The van der Waals surface area contributed by atoms with Crippen LogP contribution >= 0.6 is 0 Å². The Morgan fingerprint density at radius 2 is 2.40 bits per heavy atom. The molecule has 0 aliphatic heterocycles. The van der Waals surface area contributed by atoms with E-state index in [2.05, 4.69) is 10.1 Å². The number of carbonyl (C=O) groups is 1. The van der Waals surface area contributed by atoms with Gasteiger partial charge in [-0.25, -0.2) is 14.3 Å². The summed E-state index contributed by atoms with van der Waals surface area (Å²) < 4.78 is 1.40. The van der Waals surface area contributed by atoms with Gasteiger partial charge in [0.2, 0.25) is 0 Å². The van der Waals surface area contributed by atoms with Crippen molar-refractivity contribution in [2.45, 2.75) is 13.3 Å². The van der Waals surface area contributed by atoms with E-state index in [0.29, 0.717) is 23.4 Å². The minimum absolute atomic E-state index is 0.150. The van der Waals surface area contributed by atoms with Crippen LogP contribution in [0.2, 0.25) is 0 Å². The number of hydrogen-bond acceptors (Lipinski definition) is 4. The Bertz CT molecular complexity index is 532. The zero-order chi connectivity index (χ0) is 11.0. The molecule has 0 saturated carbocycles. The molecule has 0 unspecified atom stereocenters. The van der Waals surface area contributed by atoms with E-state index in [1.165, 1.54) is 10.7 Å². The highest BCUT2D eigenvalue weighted by atomic mass is 16.4. The molecule has 0 atom stereocenters. The highest BCUT2D eigenvalue weighted by Gasteiger charge is 2.18. The normalized spacial score (nSPS) is 10.7. The maximum absolute atomic E-state index is 11.0. The van der Waals surface area contributed by atoms with Crippen molar-refractivity contribution in [3.8, 4) is 0 Å². The lowest BCUT2D eigenvalue weighted by Crippen LogP contribution is -2.00. The minimum atomic E-state index is -1.01. The molecule has 0 spiro atoms. The van der Waals surface area contributed by atoms with Crippen molar-refractivity contribution < 1.29 is 9.90 Å². The summed E-state index contributed by atoms with van der Waals surface area (Å²) in [6.45, 7) is 1.84. The summed E-state index contributed by atoms with van der Waals surface area (Å²) in [5.41, 5.74) is 6.97. The van der Waals surface area contributed by atoms with E-state index >= 15 is 0 Å². The van der Waals surface area contributed by atoms with Crippen LogP contribution in [-0.2, 0) is 6.42 Å². The molecule has 2 aromatic rings. The Labute approximate surface area is 85.3 Å². The van der Waals surface area contributed by atoms with Crippen molar-refractivity contribution in [3.63, 3.8) is 0 Å². The molecule has 15 heavy (non-hydrogen) atoms. The molecule has 0 aliphatic carbocycles. The third kappa shape index (κ3) is 1.39. The van der Waals surface area contributed by atoms with E-state index in [4.69, 9.17) is 10.8 Å². The van der Waals surface area contributed by atoms with Gasteiger partial charge in [0.15, 0.2) is 5.65 Å². The fraction of sp³-hybridized carbons (Fsp3) is 0.222. The second kappa shape index (κ2) is 3.23. The van der Waals surface area contributed by atoms with Gasteiger partial charge in [0.25, 0.3) is 0 Å². The SMILES string of the molecule is CCc1nn2cc(N)cnc2c1C(=O)O. The predicted molar refractivity (Wildman–Crippen MR) is 53.7 cm³/mol. The van der Waals surface area contributed by atoms with Crippen LogP contribution < -0.4 is 5.73 Å². The molecule has 0 bridgehead atoms. The number of nitrogen functional groups attached to an aromatic ring is 1. The van der Waals surface area contributed by atoms with Crippen LogP contribution in [-0.4, -0.2) is 25.7 Å². The average molecular weight is 206 g/mol. The number of carboxylic acids is 1. The quantitative estimate of drug-likeness (QED) is 0.749. The van der Waals surface area contributed by atoms with Crippen molar-refractivity contribution in [1.29, 1.82) is 0 Å². The zero-order valence-electron chi connectivity index (χ0n) is 8.14. The van der Waals surface area contributed by atoms with E-state index in [9.17, 15) is 4.79 Å². The number of aryl methyl sites for hydroxylation is 1. The molecule has 0 radical (unpaired) electrons. The van der Waals surface area contributed by atoms with E-state index < -0.39 is 5.97 Å². The van der Waals surface area contributed by atoms with Crippen molar-refractivity contribution in [1.82, 2.24) is 14.6 Å². The highest BCUT2D eigenvalue weighted by Crippen LogP contribution is 2.15. The predicted octanol–water partition coefficient (Wildman–Crippen LogP) is 0.572. The van der Waals surface area contributed by atoms with Gasteiger partial charge in [0, 0.05) is 0 Å². The molecule has 3 N–H and O–H groups in total. The summed E-state index contributed by atoms with van der Waals surface area (Å²) in [5.74, 6) is -1.01. The smallest absolute Gasteiger partial charge is 0.341 e. The molecule has 6 nitrogen and oxygen atoms in total.